The second-order valence-corrected chi connectivity index (χ2v) is 10.7. The molecule has 2 heterocycles. The molecular weight excluding hydrogens is 505 g/mol. The summed E-state index contributed by atoms with van der Waals surface area (Å²) in [7, 11) is 0. The van der Waals surface area contributed by atoms with Gasteiger partial charge in [-0.3, -0.25) is 20.2 Å². The van der Waals surface area contributed by atoms with E-state index < -0.39 is 0 Å². The summed E-state index contributed by atoms with van der Waals surface area (Å²) in [5.41, 5.74) is 0.406. The minimum absolute atomic E-state index is 0.134. The van der Waals surface area contributed by atoms with Gasteiger partial charge in [0, 0.05) is 5.56 Å². The van der Waals surface area contributed by atoms with Crippen molar-refractivity contribution in [1.29, 1.82) is 0 Å². The Morgan fingerprint density at radius 3 is 2.18 bits per heavy atom. The summed E-state index contributed by atoms with van der Waals surface area (Å²) >= 11 is 5.31. The monoisotopic (exact) mass is 526 g/mol. The van der Waals surface area contributed by atoms with Crippen LogP contribution in [0.25, 0.3) is 0 Å². The van der Waals surface area contributed by atoms with Crippen molar-refractivity contribution in [3.63, 3.8) is 0 Å². The zero-order valence-corrected chi connectivity index (χ0v) is 21.4. The Morgan fingerprint density at radius 2 is 1.52 bits per heavy atom. The molecule has 0 saturated heterocycles. The Kier molecular flexibility index (Phi) is 9.72. The van der Waals surface area contributed by atoms with Crippen molar-refractivity contribution < 1.29 is 19.1 Å². The van der Waals surface area contributed by atoms with Gasteiger partial charge in [-0.1, -0.05) is 53.1 Å². The fourth-order valence-electron chi connectivity index (χ4n) is 2.40. The largest absolute Gasteiger partial charge is 0.490 e. The van der Waals surface area contributed by atoms with Gasteiger partial charge in [0.05, 0.1) is 19.0 Å². The first-order valence-electron chi connectivity index (χ1n) is 9.95. The van der Waals surface area contributed by atoms with Crippen LogP contribution in [-0.4, -0.2) is 56.9 Å². The molecule has 2 amide bonds. The SMILES string of the molecule is CCOc1ccc(C(=O)Nc2nnc(SCC(=O)Nc3nnc(SCC)s3)s2)cc1OCC. The highest BCUT2D eigenvalue weighted by molar-refractivity contribution is 8.01. The van der Waals surface area contributed by atoms with Crippen LogP contribution in [0.1, 0.15) is 31.1 Å². The summed E-state index contributed by atoms with van der Waals surface area (Å²) in [6.07, 6.45) is 0. The maximum atomic E-state index is 12.6. The summed E-state index contributed by atoms with van der Waals surface area (Å²) in [6, 6.07) is 4.98. The van der Waals surface area contributed by atoms with Crippen LogP contribution in [0.2, 0.25) is 0 Å². The van der Waals surface area contributed by atoms with Crippen LogP contribution in [0.3, 0.4) is 0 Å². The highest BCUT2D eigenvalue weighted by Crippen LogP contribution is 2.30. The number of hydrogen-bond acceptors (Lipinski definition) is 12. The van der Waals surface area contributed by atoms with Gasteiger partial charge < -0.3 is 9.47 Å². The number of ether oxygens (including phenoxy) is 2. The van der Waals surface area contributed by atoms with Crippen LogP contribution in [0.4, 0.5) is 10.3 Å². The second-order valence-electron chi connectivity index (χ2n) is 6.00. The molecule has 0 unspecified atom stereocenters. The first-order chi connectivity index (χ1) is 16.0. The van der Waals surface area contributed by atoms with Gasteiger partial charge in [-0.05, 0) is 37.8 Å². The Bertz CT molecular complexity index is 1090. The van der Waals surface area contributed by atoms with E-state index in [0.717, 1.165) is 10.1 Å². The molecule has 0 aliphatic heterocycles. The van der Waals surface area contributed by atoms with Crippen LogP contribution in [-0.2, 0) is 4.79 Å². The number of hydrogen-bond donors (Lipinski definition) is 2. The van der Waals surface area contributed by atoms with Crippen LogP contribution >= 0.6 is 46.2 Å². The van der Waals surface area contributed by atoms with E-state index in [4.69, 9.17) is 9.47 Å². The molecule has 33 heavy (non-hydrogen) atoms. The normalized spacial score (nSPS) is 10.6. The second kappa shape index (κ2) is 12.7. The first-order valence-corrected chi connectivity index (χ1v) is 13.6. The summed E-state index contributed by atoms with van der Waals surface area (Å²) < 4.78 is 12.5. The minimum atomic E-state index is -0.346. The summed E-state index contributed by atoms with van der Waals surface area (Å²) in [6.45, 7) is 6.71. The zero-order valence-electron chi connectivity index (χ0n) is 18.1. The quantitative estimate of drug-likeness (QED) is 0.261. The fraction of sp³-hybridized carbons (Fsp3) is 0.368. The maximum absolute atomic E-state index is 12.6. The zero-order chi connectivity index (χ0) is 23.6. The van der Waals surface area contributed by atoms with Gasteiger partial charge in [-0.25, -0.2) is 0 Å². The number of nitrogens with zero attached hydrogens (tertiary/aromatic N) is 4. The number of anilines is 2. The molecule has 1 aromatic carbocycles. The molecule has 3 aromatic rings. The molecule has 14 heteroatoms. The molecule has 0 saturated carbocycles. The lowest BCUT2D eigenvalue weighted by Crippen LogP contribution is -2.13. The number of thioether (sulfide) groups is 2. The van der Waals surface area contributed by atoms with Crippen LogP contribution < -0.4 is 20.1 Å². The molecule has 0 bridgehead atoms. The van der Waals surface area contributed by atoms with E-state index in [9.17, 15) is 9.59 Å². The molecule has 0 aliphatic rings. The lowest BCUT2D eigenvalue weighted by molar-refractivity contribution is -0.113. The number of amides is 2. The van der Waals surface area contributed by atoms with Crippen molar-refractivity contribution in [3.8, 4) is 11.5 Å². The van der Waals surface area contributed by atoms with Crippen molar-refractivity contribution in [2.75, 3.05) is 35.4 Å². The van der Waals surface area contributed by atoms with E-state index in [1.54, 1.807) is 30.0 Å². The molecule has 0 spiro atoms. The van der Waals surface area contributed by atoms with Gasteiger partial charge in [0.15, 0.2) is 20.2 Å². The number of rotatable bonds is 12. The molecule has 0 atom stereocenters. The first kappa shape index (κ1) is 25.2. The van der Waals surface area contributed by atoms with Gasteiger partial charge in [-0.2, -0.15) is 0 Å². The number of carbonyl (C=O) groups is 2. The lowest BCUT2D eigenvalue weighted by Gasteiger charge is -2.12. The molecular formula is C19H22N6O4S4. The molecule has 10 nitrogen and oxygen atoms in total. The van der Waals surface area contributed by atoms with E-state index in [1.165, 1.54) is 34.4 Å². The van der Waals surface area contributed by atoms with Gasteiger partial charge in [0.2, 0.25) is 16.2 Å². The topological polar surface area (TPSA) is 128 Å². The molecule has 176 valence electrons. The fourth-order valence-corrected chi connectivity index (χ4v) is 5.62. The molecule has 0 radical (unpaired) electrons. The van der Waals surface area contributed by atoms with Crippen LogP contribution in [0, 0.1) is 0 Å². The highest BCUT2D eigenvalue weighted by atomic mass is 32.2. The highest BCUT2D eigenvalue weighted by Gasteiger charge is 2.15. The van der Waals surface area contributed by atoms with Crippen LogP contribution in [0.15, 0.2) is 26.9 Å². The molecule has 2 aromatic heterocycles. The third-order valence-electron chi connectivity index (χ3n) is 3.68. The van der Waals surface area contributed by atoms with E-state index in [1.807, 2.05) is 20.8 Å². The molecule has 3 rings (SSSR count). The van der Waals surface area contributed by atoms with Gasteiger partial charge >= 0.3 is 0 Å². The van der Waals surface area contributed by atoms with E-state index in [2.05, 4.69) is 31.0 Å². The van der Waals surface area contributed by atoms with E-state index in [-0.39, 0.29) is 17.6 Å². The van der Waals surface area contributed by atoms with Crippen molar-refractivity contribution in [2.24, 2.45) is 0 Å². The predicted molar refractivity (Wildman–Crippen MR) is 132 cm³/mol. The number of aromatic nitrogens is 4. The van der Waals surface area contributed by atoms with Crippen molar-refractivity contribution in [1.82, 2.24) is 20.4 Å². The van der Waals surface area contributed by atoms with Gasteiger partial charge in [0.25, 0.3) is 5.91 Å². The Morgan fingerprint density at radius 1 is 0.879 bits per heavy atom. The third-order valence-corrected chi connectivity index (χ3v) is 7.51. The predicted octanol–water partition coefficient (Wildman–Crippen LogP) is 4.28. The van der Waals surface area contributed by atoms with Gasteiger partial charge in [-0.15, -0.1) is 20.4 Å². The van der Waals surface area contributed by atoms with Crippen LogP contribution in [0.5, 0.6) is 11.5 Å². The lowest BCUT2D eigenvalue weighted by atomic mass is 10.2. The van der Waals surface area contributed by atoms with E-state index in [0.29, 0.717) is 44.9 Å². The third kappa shape index (κ3) is 7.55. The van der Waals surface area contributed by atoms with Crippen molar-refractivity contribution in [3.05, 3.63) is 23.8 Å². The number of nitrogens with one attached hydrogen (secondary N) is 2. The Labute approximate surface area is 207 Å². The molecule has 2 N–H and O–H groups in total. The average molecular weight is 527 g/mol. The smallest absolute Gasteiger partial charge is 0.257 e. The summed E-state index contributed by atoms with van der Waals surface area (Å²) in [5, 5.41) is 22.2. The standard InChI is InChI=1S/C19H22N6O4S4/c1-4-28-12-8-7-11(9-13(12)29-5-2)15(27)21-17-23-25-19(33-17)31-10-14(26)20-16-22-24-18(32-16)30-6-3/h7-9H,4-6,10H2,1-3H3,(H,20,22,26)(H,21,23,27). The van der Waals surface area contributed by atoms with E-state index >= 15 is 0 Å². The average Bonchev–Trinajstić information content (AvgIpc) is 3.43. The minimum Gasteiger partial charge on any atom is -0.490 e. The summed E-state index contributed by atoms with van der Waals surface area (Å²) in [4.78, 5) is 24.8. The number of carbonyl (C=O) groups excluding carboxylic acids is 2. The maximum Gasteiger partial charge on any atom is 0.257 e. The van der Waals surface area contributed by atoms with Crippen molar-refractivity contribution >= 4 is 68.3 Å². The number of benzene rings is 1. The summed E-state index contributed by atoms with van der Waals surface area (Å²) in [5.74, 6) is 1.54. The molecule has 0 aliphatic carbocycles. The Balaban J connectivity index is 1.53. The Hall–Kier alpha value is -2.42. The molecule has 0 fully saturated rings. The van der Waals surface area contributed by atoms with Crippen molar-refractivity contribution in [2.45, 2.75) is 29.5 Å². The van der Waals surface area contributed by atoms with Gasteiger partial charge in [0.1, 0.15) is 0 Å².